The molecule has 0 unspecified atom stereocenters. The zero-order valence-electron chi connectivity index (χ0n) is 17.4. The van der Waals surface area contributed by atoms with E-state index in [9.17, 15) is 0 Å². The van der Waals surface area contributed by atoms with Crippen molar-refractivity contribution in [1.29, 1.82) is 0 Å². The molecular formula is C25H26N2O2S. The Balaban J connectivity index is 1.47. The summed E-state index contributed by atoms with van der Waals surface area (Å²) in [7, 11) is 3.74. The molecule has 2 aromatic carbocycles. The van der Waals surface area contributed by atoms with Crippen molar-refractivity contribution in [3.63, 3.8) is 0 Å². The minimum atomic E-state index is 0.821. The van der Waals surface area contributed by atoms with E-state index in [4.69, 9.17) is 9.15 Å². The first-order chi connectivity index (χ1) is 14.7. The van der Waals surface area contributed by atoms with Crippen molar-refractivity contribution >= 4 is 33.7 Å². The second kappa shape index (κ2) is 8.17. The molecule has 4 aromatic rings. The van der Waals surface area contributed by atoms with Gasteiger partial charge in [0.1, 0.15) is 12.0 Å². The molecule has 5 rings (SSSR count). The highest BCUT2D eigenvalue weighted by Gasteiger charge is 2.18. The quantitative estimate of drug-likeness (QED) is 0.356. The molecule has 0 amide bonds. The highest BCUT2D eigenvalue weighted by Crippen LogP contribution is 2.40. The van der Waals surface area contributed by atoms with E-state index in [0.717, 1.165) is 34.6 Å². The Morgan fingerprint density at radius 1 is 1.07 bits per heavy atom. The van der Waals surface area contributed by atoms with Gasteiger partial charge in [-0.05, 0) is 67.9 Å². The molecule has 0 N–H and O–H groups in total. The minimum absolute atomic E-state index is 0.821. The second-order valence-electron chi connectivity index (χ2n) is 7.82. The summed E-state index contributed by atoms with van der Waals surface area (Å²) in [6.07, 6.45) is 4.46. The SMILES string of the molecule is COc1ccc(-c2ccc(CN3CCCC3)s2)cc1N(C)c1occ2ccccc12. The lowest BCUT2D eigenvalue weighted by atomic mass is 10.1. The molecule has 1 aliphatic heterocycles. The van der Waals surface area contributed by atoms with Crippen molar-refractivity contribution in [2.75, 3.05) is 32.1 Å². The summed E-state index contributed by atoms with van der Waals surface area (Å²) in [4.78, 5) is 7.33. The van der Waals surface area contributed by atoms with E-state index in [1.54, 1.807) is 13.4 Å². The van der Waals surface area contributed by atoms with E-state index in [2.05, 4.69) is 46.2 Å². The van der Waals surface area contributed by atoms with Gasteiger partial charge in [0.05, 0.1) is 12.8 Å². The molecule has 0 atom stereocenters. The topological polar surface area (TPSA) is 28.9 Å². The Morgan fingerprint density at radius 3 is 2.73 bits per heavy atom. The molecule has 5 heteroatoms. The van der Waals surface area contributed by atoms with Crippen LogP contribution in [0.4, 0.5) is 11.6 Å². The Kier molecular flexibility index (Phi) is 5.23. The third-order valence-corrected chi connectivity index (χ3v) is 6.98. The Bertz CT molecular complexity index is 1160. The predicted octanol–water partition coefficient (Wildman–Crippen LogP) is 6.53. The van der Waals surface area contributed by atoms with Gasteiger partial charge in [-0.2, -0.15) is 0 Å². The van der Waals surface area contributed by atoms with Crippen molar-refractivity contribution < 1.29 is 9.15 Å². The first-order valence-electron chi connectivity index (χ1n) is 10.4. The summed E-state index contributed by atoms with van der Waals surface area (Å²) in [6, 6.07) is 19.1. The maximum Gasteiger partial charge on any atom is 0.207 e. The molecule has 1 saturated heterocycles. The van der Waals surface area contributed by atoms with E-state index in [-0.39, 0.29) is 0 Å². The Morgan fingerprint density at radius 2 is 1.90 bits per heavy atom. The number of furan rings is 1. The van der Waals surface area contributed by atoms with Crippen LogP contribution in [0.1, 0.15) is 17.7 Å². The van der Waals surface area contributed by atoms with Crippen molar-refractivity contribution in [2.24, 2.45) is 0 Å². The van der Waals surface area contributed by atoms with Crippen molar-refractivity contribution in [1.82, 2.24) is 4.90 Å². The molecule has 1 aliphatic rings. The zero-order chi connectivity index (χ0) is 20.5. The predicted molar refractivity (Wildman–Crippen MR) is 125 cm³/mol. The molecule has 3 heterocycles. The fourth-order valence-electron chi connectivity index (χ4n) is 4.23. The average molecular weight is 419 g/mol. The van der Waals surface area contributed by atoms with Gasteiger partial charge in [-0.15, -0.1) is 11.3 Å². The van der Waals surface area contributed by atoms with Crippen LogP contribution in [-0.4, -0.2) is 32.1 Å². The number of nitrogens with zero attached hydrogens (tertiary/aromatic N) is 2. The van der Waals surface area contributed by atoms with Gasteiger partial charge in [-0.1, -0.05) is 18.2 Å². The van der Waals surface area contributed by atoms with Gasteiger partial charge in [0.2, 0.25) is 5.88 Å². The molecule has 2 aromatic heterocycles. The van der Waals surface area contributed by atoms with Gasteiger partial charge in [-0.25, -0.2) is 0 Å². The first-order valence-corrected chi connectivity index (χ1v) is 11.2. The number of methoxy groups -OCH3 is 1. The molecule has 30 heavy (non-hydrogen) atoms. The molecule has 0 bridgehead atoms. The number of thiophene rings is 1. The van der Waals surface area contributed by atoms with Crippen LogP contribution >= 0.6 is 11.3 Å². The zero-order valence-corrected chi connectivity index (χ0v) is 18.2. The summed E-state index contributed by atoms with van der Waals surface area (Å²) < 4.78 is 11.6. The minimum Gasteiger partial charge on any atom is -0.495 e. The Hall–Kier alpha value is -2.76. The largest absolute Gasteiger partial charge is 0.495 e. The van der Waals surface area contributed by atoms with Crippen LogP contribution in [0.25, 0.3) is 21.2 Å². The molecule has 0 aliphatic carbocycles. The molecule has 0 radical (unpaired) electrons. The Labute approximate surface area is 181 Å². The first kappa shape index (κ1) is 19.2. The van der Waals surface area contributed by atoms with Crippen LogP contribution in [-0.2, 0) is 6.54 Å². The number of ether oxygens (including phenoxy) is 1. The summed E-state index contributed by atoms with van der Waals surface area (Å²) in [5, 5.41) is 2.19. The van der Waals surface area contributed by atoms with Crippen LogP contribution < -0.4 is 9.64 Å². The maximum atomic E-state index is 5.92. The third kappa shape index (κ3) is 3.59. The van der Waals surface area contributed by atoms with Crippen LogP contribution in [0, 0.1) is 0 Å². The number of rotatable bonds is 6. The number of anilines is 2. The van der Waals surface area contributed by atoms with Crippen LogP contribution in [0.15, 0.2) is 65.3 Å². The van der Waals surface area contributed by atoms with Gasteiger partial charge in [-0.3, -0.25) is 4.90 Å². The number of hydrogen-bond acceptors (Lipinski definition) is 5. The number of benzene rings is 2. The fourth-order valence-corrected chi connectivity index (χ4v) is 5.28. The second-order valence-corrected chi connectivity index (χ2v) is 8.99. The number of fused-ring (bicyclic) bond motifs is 1. The third-order valence-electron chi connectivity index (χ3n) is 5.86. The molecule has 0 spiro atoms. The van der Waals surface area contributed by atoms with E-state index in [1.807, 2.05) is 36.6 Å². The van der Waals surface area contributed by atoms with E-state index < -0.39 is 0 Å². The van der Waals surface area contributed by atoms with Crippen molar-refractivity contribution in [3.8, 4) is 16.2 Å². The highest BCUT2D eigenvalue weighted by atomic mass is 32.1. The smallest absolute Gasteiger partial charge is 0.207 e. The van der Waals surface area contributed by atoms with Gasteiger partial charge < -0.3 is 14.1 Å². The van der Waals surface area contributed by atoms with Crippen LogP contribution in [0.3, 0.4) is 0 Å². The summed E-state index contributed by atoms with van der Waals surface area (Å²) in [6.45, 7) is 3.51. The fraction of sp³-hybridized carbons (Fsp3) is 0.280. The van der Waals surface area contributed by atoms with Crippen molar-refractivity contribution in [2.45, 2.75) is 19.4 Å². The number of likely N-dealkylation sites (tertiary alicyclic amines) is 1. The van der Waals surface area contributed by atoms with Crippen molar-refractivity contribution in [3.05, 3.63) is 65.7 Å². The molecule has 4 nitrogen and oxygen atoms in total. The molecule has 154 valence electrons. The van der Waals surface area contributed by atoms with Crippen LogP contribution in [0.5, 0.6) is 5.75 Å². The summed E-state index contributed by atoms with van der Waals surface area (Å²) in [5.41, 5.74) is 2.19. The van der Waals surface area contributed by atoms with Gasteiger partial charge in [0.25, 0.3) is 0 Å². The average Bonchev–Trinajstić information content (AvgIpc) is 3.54. The summed E-state index contributed by atoms with van der Waals surface area (Å²) >= 11 is 1.88. The molecule has 1 fully saturated rings. The monoisotopic (exact) mass is 418 g/mol. The van der Waals surface area contributed by atoms with Gasteiger partial charge in [0.15, 0.2) is 0 Å². The van der Waals surface area contributed by atoms with Crippen LogP contribution in [0.2, 0.25) is 0 Å². The lowest BCUT2D eigenvalue weighted by Gasteiger charge is -2.20. The van der Waals surface area contributed by atoms with E-state index >= 15 is 0 Å². The van der Waals surface area contributed by atoms with Gasteiger partial charge in [0, 0.05) is 34.1 Å². The summed E-state index contributed by atoms with van der Waals surface area (Å²) in [5.74, 6) is 1.65. The number of hydrogen-bond donors (Lipinski definition) is 0. The van der Waals surface area contributed by atoms with Gasteiger partial charge >= 0.3 is 0 Å². The standard InChI is InChI=1S/C25H26N2O2S/c1-26(25-21-8-4-3-7-19(21)17-29-25)22-15-18(9-11-23(22)28-2)24-12-10-20(30-24)16-27-13-5-6-14-27/h3-4,7-12,15,17H,5-6,13-14,16H2,1-2H3. The van der Waals surface area contributed by atoms with E-state index in [1.165, 1.54) is 41.2 Å². The molecular weight excluding hydrogens is 392 g/mol. The lowest BCUT2D eigenvalue weighted by Crippen LogP contribution is -2.17. The normalized spacial score (nSPS) is 14.5. The highest BCUT2D eigenvalue weighted by molar-refractivity contribution is 7.15. The maximum absolute atomic E-state index is 5.92. The lowest BCUT2D eigenvalue weighted by molar-refractivity contribution is 0.334. The molecule has 0 saturated carbocycles. The van der Waals surface area contributed by atoms with E-state index in [0.29, 0.717) is 0 Å².